The number of hydrogen-bond acceptors (Lipinski definition) is 5. The molecule has 1 fully saturated rings. The van der Waals surface area contributed by atoms with Crippen LogP contribution < -0.4 is 10.5 Å². The molecule has 4 amide bonds. The van der Waals surface area contributed by atoms with Crippen LogP contribution in [-0.2, 0) is 16.0 Å². The first-order valence-electron chi connectivity index (χ1n) is 6.60. The molecule has 0 aliphatic carbocycles. The van der Waals surface area contributed by atoms with Gasteiger partial charge in [0, 0.05) is 7.05 Å². The van der Waals surface area contributed by atoms with Crippen molar-refractivity contribution < 1.29 is 19.1 Å². The summed E-state index contributed by atoms with van der Waals surface area (Å²) < 4.78 is 5.46. The van der Waals surface area contributed by atoms with E-state index in [1.165, 1.54) is 7.05 Å². The Bertz CT molecular complexity index is 556. The molecule has 2 N–H and O–H groups in total. The fourth-order valence-electron chi connectivity index (χ4n) is 1.98. The highest BCUT2D eigenvalue weighted by molar-refractivity contribution is 6.44. The number of nitrogens with zero attached hydrogens (tertiary/aromatic N) is 2. The van der Waals surface area contributed by atoms with E-state index in [9.17, 15) is 14.4 Å². The molecule has 0 aromatic heterocycles. The molecule has 1 saturated heterocycles. The molecule has 0 radical (unpaired) electrons. The van der Waals surface area contributed by atoms with E-state index in [4.69, 9.17) is 10.5 Å². The average molecular weight is 291 g/mol. The number of ether oxygens (including phenoxy) is 1. The summed E-state index contributed by atoms with van der Waals surface area (Å²) in [5.41, 5.74) is 6.58. The first-order valence-corrected chi connectivity index (χ1v) is 6.60. The van der Waals surface area contributed by atoms with E-state index >= 15 is 0 Å². The largest absolute Gasteiger partial charge is 0.492 e. The van der Waals surface area contributed by atoms with Gasteiger partial charge in [0.2, 0.25) is 0 Å². The van der Waals surface area contributed by atoms with Crippen LogP contribution in [0.4, 0.5) is 4.79 Å². The molecule has 0 unspecified atom stereocenters. The predicted molar refractivity (Wildman–Crippen MR) is 74.6 cm³/mol. The van der Waals surface area contributed by atoms with Crippen molar-refractivity contribution in [3.63, 3.8) is 0 Å². The lowest BCUT2D eigenvalue weighted by Crippen LogP contribution is -2.35. The molecule has 1 aliphatic rings. The van der Waals surface area contributed by atoms with Gasteiger partial charge in [-0.3, -0.25) is 19.4 Å². The zero-order valence-corrected chi connectivity index (χ0v) is 11.7. The second kappa shape index (κ2) is 6.36. The van der Waals surface area contributed by atoms with Crippen molar-refractivity contribution in [1.82, 2.24) is 9.80 Å². The molecular formula is C14H17N3O4. The number of carbonyl (C=O) groups excluding carboxylic acids is 3. The standard InChI is InChI=1S/C14H17N3O4/c1-16-12(18)13(19)17(14(16)20)8-9-21-11-4-2-10(3-5-11)6-7-15/h2-5H,6-9,15H2,1H3. The number of carbonyl (C=O) groups is 3. The van der Waals surface area contributed by atoms with E-state index < -0.39 is 17.8 Å². The topological polar surface area (TPSA) is 92.9 Å². The smallest absolute Gasteiger partial charge is 0.334 e. The van der Waals surface area contributed by atoms with Crippen LogP contribution in [0.25, 0.3) is 0 Å². The predicted octanol–water partition coefficient (Wildman–Crippen LogP) is -0.0128. The van der Waals surface area contributed by atoms with E-state index in [1.807, 2.05) is 12.1 Å². The van der Waals surface area contributed by atoms with E-state index in [-0.39, 0.29) is 13.2 Å². The number of rotatable bonds is 6. The van der Waals surface area contributed by atoms with Gasteiger partial charge in [-0.25, -0.2) is 4.79 Å². The first kappa shape index (κ1) is 15.0. The number of nitrogens with two attached hydrogens (primary N) is 1. The quantitative estimate of drug-likeness (QED) is 0.587. The summed E-state index contributed by atoms with van der Waals surface area (Å²) in [7, 11) is 1.28. The minimum absolute atomic E-state index is 0.0400. The highest BCUT2D eigenvalue weighted by Crippen LogP contribution is 2.13. The minimum atomic E-state index is -0.815. The Morgan fingerprint density at radius 3 is 2.29 bits per heavy atom. The molecule has 7 nitrogen and oxygen atoms in total. The number of hydrogen-bond donors (Lipinski definition) is 1. The summed E-state index contributed by atoms with van der Waals surface area (Å²) >= 11 is 0. The van der Waals surface area contributed by atoms with Gasteiger partial charge >= 0.3 is 17.8 Å². The Hall–Kier alpha value is -2.41. The molecule has 0 spiro atoms. The number of benzene rings is 1. The molecule has 7 heteroatoms. The van der Waals surface area contributed by atoms with Crippen molar-refractivity contribution in [1.29, 1.82) is 0 Å². The SMILES string of the molecule is CN1C(=O)C(=O)N(CCOc2ccc(CCN)cc2)C1=O. The maximum Gasteiger partial charge on any atom is 0.334 e. The second-order valence-electron chi connectivity index (χ2n) is 4.63. The highest BCUT2D eigenvalue weighted by atomic mass is 16.5. The lowest BCUT2D eigenvalue weighted by atomic mass is 10.1. The van der Waals surface area contributed by atoms with E-state index in [2.05, 4.69) is 0 Å². The van der Waals surface area contributed by atoms with Crippen LogP contribution in [0, 0.1) is 0 Å². The number of urea groups is 1. The maximum atomic E-state index is 11.6. The molecule has 21 heavy (non-hydrogen) atoms. The van der Waals surface area contributed by atoms with Crippen molar-refractivity contribution >= 4 is 17.8 Å². The molecular weight excluding hydrogens is 274 g/mol. The van der Waals surface area contributed by atoms with Crippen molar-refractivity contribution in [2.75, 3.05) is 26.7 Å². The third kappa shape index (κ3) is 3.19. The summed E-state index contributed by atoms with van der Waals surface area (Å²) in [6.45, 7) is 0.758. The molecule has 1 heterocycles. The fraction of sp³-hybridized carbons (Fsp3) is 0.357. The van der Waals surface area contributed by atoms with Gasteiger partial charge < -0.3 is 10.5 Å². The van der Waals surface area contributed by atoms with Gasteiger partial charge in [-0.2, -0.15) is 0 Å². The molecule has 1 aromatic carbocycles. The molecule has 1 aromatic rings. The lowest BCUT2D eigenvalue weighted by molar-refractivity contribution is -0.142. The van der Waals surface area contributed by atoms with E-state index in [0.717, 1.165) is 21.8 Å². The zero-order valence-electron chi connectivity index (χ0n) is 11.7. The van der Waals surface area contributed by atoms with Crippen molar-refractivity contribution in [3.05, 3.63) is 29.8 Å². The second-order valence-corrected chi connectivity index (χ2v) is 4.63. The summed E-state index contributed by atoms with van der Waals surface area (Å²) in [5.74, 6) is -0.995. The zero-order chi connectivity index (χ0) is 15.4. The van der Waals surface area contributed by atoms with Gasteiger partial charge in [0.05, 0.1) is 6.54 Å². The Morgan fingerprint density at radius 1 is 1.10 bits per heavy atom. The molecule has 0 atom stereocenters. The average Bonchev–Trinajstić information content (AvgIpc) is 2.67. The molecule has 0 bridgehead atoms. The summed E-state index contributed by atoms with van der Waals surface area (Å²) in [4.78, 5) is 36.2. The number of likely N-dealkylation sites (N-methyl/N-ethyl adjacent to an activating group) is 1. The first-order chi connectivity index (χ1) is 10.0. The minimum Gasteiger partial charge on any atom is -0.492 e. The van der Waals surface area contributed by atoms with Gasteiger partial charge in [0.15, 0.2) is 0 Å². The van der Waals surface area contributed by atoms with Crippen LogP contribution in [0.3, 0.4) is 0 Å². The van der Waals surface area contributed by atoms with Crippen molar-refractivity contribution in [2.24, 2.45) is 5.73 Å². The van der Waals surface area contributed by atoms with Gasteiger partial charge in [-0.05, 0) is 30.7 Å². The van der Waals surface area contributed by atoms with Crippen LogP contribution in [0.15, 0.2) is 24.3 Å². The van der Waals surface area contributed by atoms with Gasteiger partial charge in [-0.15, -0.1) is 0 Å². The summed E-state index contributed by atoms with van der Waals surface area (Å²) in [6, 6.07) is 6.80. The van der Waals surface area contributed by atoms with Crippen LogP contribution in [0.5, 0.6) is 5.75 Å². The Morgan fingerprint density at radius 2 is 1.76 bits per heavy atom. The Kier molecular flexibility index (Phi) is 4.54. The highest BCUT2D eigenvalue weighted by Gasteiger charge is 2.41. The van der Waals surface area contributed by atoms with E-state index in [1.54, 1.807) is 12.1 Å². The van der Waals surface area contributed by atoms with Crippen LogP contribution in [-0.4, -0.2) is 54.4 Å². The van der Waals surface area contributed by atoms with Crippen LogP contribution >= 0.6 is 0 Å². The molecule has 0 saturated carbocycles. The van der Waals surface area contributed by atoms with Crippen molar-refractivity contribution in [3.8, 4) is 5.75 Å². The van der Waals surface area contributed by atoms with Crippen molar-refractivity contribution in [2.45, 2.75) is 6.42 Å². The molecule has 2 rings (SSSR count). The monoisotopic (exact) mass is 291 g/mol. The fourth-order valence-corrected chi connectivity index (χ4v) is 1.98. The number of amides is 4. The third-order valence-corrected chi connectivity index (χ3v) is 3.19. The molecule has 1 aliphatic heterocycles. The lowest BCUT2D eigenvalue weighted by Gasteiger charge is -2.13. The molecule has 112 valence electrons. The third-order valence-electron chi connectivity index (χ3n) is 3.19. The van der Waals surface area contributed by atoms with Gasteiger partial charge in [0.25, 0.3) is 0 Å². The Labute approximate surface area is 122 Å². The number of imide groups is 2. The van der Waals surface area contributed by atoms with Crippen LogP contribution in [0.2, 0.25) is 0 Å². The maximum absolute atomic E-state index is 11.6. The van der Waals surface area contributed by atoms with Gasteiger partial charge in [-0.1, -0.05) is 12.1 Å². The summed E-state index contributed by atoms with van der Waals surface area (Å²) in [6.07, 6.45) is 0.797. The normalized spacial score (nSPS) is 15.0. The van der Waals surface area contributed by atoms with E-state index in [0.29, 0.717) is 12.3 Å². The van der Waals surface area contributed by atoms with Gasteiger partial charge in [0.1, 0.15) is 12.4 Å². The Balaban J connectivity index is 1.85. The summed E-state index contributed by atoms with van der Waals surface area (Å²) in [5, 5.41) is 0. The van der Waals surface area contributed by atoms with Crippen LogP contribution in [0.1, 0.15) is 5.56 Å².